The zero-order chi connectivity index (χ0) is 26.2. The molecule has 9 heteroatoms. The Morgan fingerprint density at radius 3 is 2.29 bits per heavy atom. The van der Waals surface area contributed by atoms with Crippen molar-refractivity contribution in [2.24, 2.45) is 0 Å². The summed E-state index contributed by atoms with van der Waals surface area (Å²) in [4.78, 5) is 27.4. The predicted molar refractivity (Wildman–Crippen MR) is 137 cm³/mol. The first kappa shape index (κ1) is 28.3. The van der Waals surface area contributed by atoms with Crippen molar-refractivity contribution in [2.75, 3.05) is 17.1 Å². The summed E-state index contributed by atoms with van der Waals surface area (Å²) in [5.74, 6) is -1.12. The van der Waals surface area contributed by atoms with Gasteiger partial charge in [0.05, 0.1) is 11.9 Å². The largest absolute Gasteiger partial charge is 0.352 e. The Morgan fingerprint density at radius 2 is 1.69 bits per heavy atom. The quantitative estimate of drug-likeness (QED) is 0.472. The highest BCUT2D eigenvalue weighted by Crippen LogP contribution is 2.23. The fourth-order valence-corrected chi connectivity index (χ4v) is 4.71. The molecule has 0 heterocycles. The molecule has 2 atom stereocenters. The van der Waals surface area contributed by atoms with E-state index in [1.807, 2.05) is 32.9 Å². The van der Waals surface area contributed by atoms with Crippen LogP contribution < -0.4 is 9.62 Å². The molecule has 0 saturated carbocycles. The number of hydrogen-bond acceptors (Lipinski definition) is 4. The fourth-order valence-electron chi connectivity index (χ4n) is 3.68. The lowest BCUT2D eigenvalue weighted by Crippen LogP contribution is -2.49. The zero-order valence-electron chi connectivity index (χ0n) is 21.1. The van der Waals surface area contributed by atoms with Gasteiger partial charge in [0.2, 0.25) is 21.8 Å². The van der Waals surface area contributed by atoms with Gasteiger partial charge in [-0.25, -0.2) is 12.8 Å². The van der Waals surface area contributed by atoms with Crippen LogP contribution in [0.4, 0.5) is 10.1 Å². The van der Waals surface area contributed by atoms with Crippen LogP contribution in [0.3, 0.4) is 0 Å². The highest BCUT2D eigenvalue weighted by Gasteiger charge is 2.28. The van der Waals surface area contributed by atoms with Crippen LogP contribution in [0.1, 0.15) is 51.2 Å². The molecule has 2 aromatic carbocycles. The number of para-hydroxylation sites is 1. The third kappa shape index (κ3) is 8.06. The second-order valence-corrected chi connectivity index (χ2v) is 10.7. The van der Waals surface area contributed by atoms with E-state index in [0.29, 0.717) is 11.3 Å². The number of halogens is 1. The van der Waals surface area contributed by atoms with Crippen LogP contribution in [0.25, 0.3) is 0 Å². The molecule has 0 fully saturated rings. The third-order valence-electron chi connectivity index (χ3n) is 6.00. The van der Waals surface area contributed by atoms with Crippen LogP contribution in [-0.4, -0.2) is 50.0 Å². The van der Waals surface area contributed by atoms with Crippen molar-refractivity contribution in [1.82, 2.24) is 10.2 Å². The van der Waals surface area contributed by atoms with E-state index in [1.54, 1.807) is 37.3 Å². The maximum atomic E-state index is 14.3. The van der Waals surface area contributed by atoms with E-state index in [4.69, 9.17) is 0 Å². The molecule has 0 aliphatic rings. The van der Waals surface area contributed by atoms with Gasteiger partial charge in [0.15, 0.2) is 0 Å². The third-order valence-corrected chi connectivity index (χ3v) is 7.18. The number of benzene rings is 2. The molecular weight excluding hydrogens is 469 g/mol. The summed E-state index contributed by atoms with van der Waals surface area (Å²) < 4.78 is 40.5. The molecule has 0 saturated heterocycles. The van der Waals surface area contributed by atoms with E-state index < -0.39 is 21.9 Å². The van der Waals surface area contributed by atoms with Crippen LogP contribution >= 0.6 is 0 Å². The summed E-state index contributed by atoms with van der Waals surface area (Å²) in [6.45, 7) is 7.31. The zero-order valence-corrected chi connectivity index (χ0v) is 21.9. The highest BCUT2D eigenvalue weighted by molar-refractivity contribution is 7.92. The highest BCUT2D eigenvalue weighted by atomic mass is 32.2. The molecule has 0 radical (unpaired) electrons. The summed E-state index contributed by atoms with van der Waals surface area (Å²) in [6.07, 6.45) is 2.12. The molecule has 2 aromatic rings. The Morgan fingerprint density at radius 1 is 1.06 bits per heavy atom. The van der Waals surface area contributed by atoms with E-state index in [9.17, 15) is 22.4 Å². The molecule has 0 bridgehead atoms. The predicted octanol–water partition coefficient (Wildman–Crippen LogP) is 4.01. The number of aryl methyl sites for hydroxylation is 1. The number of nitrogens with one attached hydrogen (secondary N) is 1. The summed E-state index contributed by atoms with van der Waals surface area (Å²) in [5, 5.41) is 2.87. The van der Waals surface area contributed by atoms with Crippen molar-refractivity contribution in [3.63, 3.8) is 0 Å². The number of hydrogen-bond donors (Lipinski definition) is 1. The van der Waals surface area contributed by atoms with Crippen LogP contribution in [-0.2, 0) is 26.2 Å². The number of sulfonamides is 1. The number of rotatable bonds is 12. The number of nitrogens with zero attached hydrogens (tertiary/aromatic N) is 2. The van der Waals surface area contributed by atoms with E-state index in [0.717, 1.165) is 18.2 Å². The van der Waals surface area contributed by atoms with Crippen molar-refractivity contribution < 1.29 is 22.4 Å². The van der Waals surface area contributed by atoms with Crippen LogP contribution in [0, 0.1) is 12.7 Å². The van der Waals surface area contributed by atoms with Gasteiger partial charge in [-0.2, -0.15) is 0 Å². The van der Waals surface area contributed by atoms with E-state index >= 15 is 0 Å². The second-order valence-electron chi connectivity index (χ2n) is 8.83. The molecule has 192 valence electrons. The smallest absolute Gasteiger partial charge is 0.242 e. The van der Waals surface area contributed by atoms with Crippen molar-refractivity contribution in [3.05, 3.63) is 65.5 Å². The first-order chi connectivity index (χ1) is 16.5. The van der Waals surface area contributed by atoms with Gasteiger partial charge < -0.3 is 10.2 Å². The molecule has 0 aliphatic heterocycles. The molecule has 2 amide bonds. The van der Waals surface area contributed by atoms with Gasteiger partial charge in [-0.1, -0.05) is 43.3 Å². The number of anilines is 1. The van der Waals surface area contributed by atoms with Crippen molar-refractivity contribution >= 4 is 27.5 Å². The normalized spacial score (nSPS) is 13.1. The lowest BCUT2D eigenvalue weighted by molar-refractivity contribution is -0.141. The van der Waals surface area contributed by atoms with Crippen molar-refractivity contribution in [2.45, 2.75) is 65.6 Å². The van der Waals surface area contributed by atoms with Gasteiger partial charge in [0.1, 0.15) is 11.9 Å². The molecule has 0 aliphatic carbocycles. The van der Waals surface area contributed by atoms with E-state index in [-0.39, 0.29) is 43.8 Å². The van der Waals surface area contributed by atoms with Gasteiger partial charge >= 0.3 is 0 Å². The Hall–Kier alpha value is -2.94. The standard InChI is InChI=1S/C26H36FN3O4S/c1-6-20(3)28-26(32)21(4)29(18-22-13-8-9-14-23(22)27)25(31)16-11-17-30(35(5,33)34)24-15-10-7-12-19(24)2/h7-10,12-15,20-21H,6,11,16-18H2,1-5H3,(H,28,32)/t20-,21+/m0/s1. The van der Waals surface area contributed by atoms with Crippen molar-refractivity contribution in [1.29, 1.82) is 0 Å². The monoisotopic (exact) mass is 505 g/mol. The molecule has 35 heavy (non-hydrogen) atoms. The summed E-state index contributed by atoms with van der Waals surface area (Å²) >= 11 is 0. The number of amides is 2. The van der Waals surface area contributed by atoms with Crippen molar-refractivity contribution in [3.8, 4) is 0 Å². The van der Waals surface area contributed by atoms with Crippen LogP contribution in [0.2, 0.25) is 0 Å². The molecule has 0 spiro atoms. The summed E-state index contributed by atoms with van der Waals surface area (Å²) in [7, 11) is -3.56. The minimum absolute atomic E-state index is 0.00725. The Kier molecular flexibility index (Phi) is 10.2. The minimum atomic E-state index is -3.56. The maximum absolute atomic E-state index is 14.3. The summed E-state index contributed by atoms with van der Waals surface area (Å²) in [5.41, 5.74) is 1.68. The van der Waals surface area contributed by atoms with Gasteiger partial charge in [0.25, 0.3) is 0 Å². The second kappa shape index (κ2) is 12.7. The average molecular weight is 506 g/mol. The first-order valence-corrected chi connectivity index (χ1v) is 13.7. The SMILES string of the molecule is CC[C@H](C)NC(=O)[C@@H](C)N(Cc1ccccc1F)C(=O)CCCN(c1ccccc1C)S(C)(=O)=O. The first-order valence-electron chi connectivity index (χ1n) is 11.8. The Balaban J connectivity index is 2.20. The van der Waals surface area contributed by atoms with Crippen LogP contribution in [0.15, 0.2) is 48.5 Å². The molecule has 0 aromatic heterocycles. The van der Waals surface area contributed by atoms with Gasteiger partial charge in [-0.05, 0) is 51.3 Å². The average Bonchev–Trinajstić information content (AvgIpc) is 2.80. The Bertz CT molecular complexity index is 1120. The lowest BCUT2D eigenvalue weighted by atomic mass is 10.1. The molecular formula is C26H36FN3O4S. The lowest BCUT2D eigenvalue weighted by Gasteiger charge is -2.30. The molecule has 0 unspecified atom stereocenters. The number of carbonyl (C=O) groups is 2. The topological polar surface area (TPSA) is 86.8 Å². The Labute approximate surface area is 208 Å². The maximum Gasteiger partial charge on any atom is 0.242 e. The molecule has 2 rings (SSSR count). The van der Waals surface area contributed by atoms with E-state index in [1.165, 1.54) is 15.3 Å². The van der Waals surface area contributed by atoms with Gasteiger partial charge in [-0.3, -0.25) is 13.9 Å². The van der Waals surface area contributed by atoms with Gasteiger partial charge in [-0.15, -0.1) is 0 Å². The van der Waals surface area contributed by atoms with E-state index in [2.05, 4.69) is 5.32 Å². The molecule has 7 nitrogen and oxygen atoms in total. The fraction of sp³-hybridized carbons (Fsp3) is 0.462. The molecule has 1 N–H and O–H groups in total. The summed E-state index contributed by atoms with van der Waals surface area (Å²) in [6, 6.07) is 12.4. The van der Waals surface area contributed by atoms with Crippen LogP contribution in [0.5, 0.6) is 0 Å². The minimum Gasteiger partial charge on any atom is -0.352 e. The van der Waals surface area contributed by atoms with Gasteiger partial charge in [0, 0.05) is 31.1 Å². The number of carbonyl (C=O) groups excluding carboxylic acids is 2.